The van der Waals surface area contributed by atoms with Crippen LogP contribution in [0.25, 0.3) is 33.3 Å². The van der Waals surface area contributed by atoms with Gasteiger partial charge in [-0.2, -0.15) is 0 Å². The van der Waals surface area contributed by atoms with Crippen LogP contribution in [0.3, 0.4) is 0 Å². The number of rotatable bonds is 3. The number of fused-ring (bicyclic) bond motifs is 2. The SMILES string of the molecule is Cc1ccccc1-c1nc2c(C)ccnc2n1Cc1cncc2c(F)c(F)ccc12. The first-order valence-electron chi connectivity index (χ1n) is 9.63. The van der Waals surface area contributed by atoms with Crippen LogP contribution in [0, 0.1) is 25.5 Å². The maximum atomic E-state index is 14.3. The predicted molar refractivity (Wildman–Crippen MR) is 113 cm³/mol. The second-order valence-corrected chi connectivity index (χ2v) is 7.39. The molecule has 0 aliphatic rings. The molecule has 3 heterocycles. The third-order valence-corrected chi connectivity index (χ3v) is 5.46. The molecule has 5 rings (SSSR count). The Morgan fingerprint density at radius 3 is 2.57 bits per heavy atom. The Labute approximate surface area is 171 Å². The number of aryl methyl sites for hydroxylation is 2. The van der Waals surface area contributed by atoms with Gasteiger partial charge in [0, 0.05) is 29.5 Å². The van der Waals surface area contributed by atoms with E-state index in [1.807, 2.05) is 48.7 Å². The number of hydrogen-bond acceptors (Lipinski definition) is 3. The quantitative estimate of drug-likeness (QED) is 0.397. The Morgan fingerprint density at radius 2 is 1.73 bits per heavy atom. The molecule has 30 heavy (non-hydrogen) atoms. The van der Waals surface area contributed by atoms with E-state index in [1.54, 1.807) is 18.5 Å². The first kappa shape index (κ1) is 18.4. The summed E-state index contributed by atoms with van der Waals surface area (Å²) in [5, 5.41) is 0.785. The number of aromatic nitrogens is 4. The summed E-state index contributed by atoms with van der Waals surface area (Å²) in [7, 11) is 0. The molecule has 0 saturated heterocycles. The molecule has 0 atom stereocenters. The van der Waals surface area contributed by atoms with Crippen molar-refractivity contribution in [3.05, 3.63) is 89.4 Å². The molecule has 0 aliphatic carbocycles. The molecule has 0 N–H and O–H groups in total. The molecule has 0 bridgehead atoms. The summed E-state index contributed by atoms with van der Waals surface area (Å²) in [5.41, 5.74) is 5.45. The lowest BCUT2D eigenvalue weighted by atomic mass is 10.1. The smallest absolute Gasteiger partial charge is 0.168 e. The van der Waals surface area contributed by atoms with Crippen molar-refractivity contribution in [3.8, 4) is 11.4 Å². The average molecular weight is 400 g/mol. The largest absolute Gasteiger partial charge is 0.304 e. The molecule has 5 aromatic rings. The number of halogens is 2. The topological polar surface area (TPSA) is 43.6 Å². The standard InChI is InChI=1S/C24H18F2N4/c1-14-5-3-4-6-17(14)23-29-22-15(2)9-10-28-24(22)30(23)13-16-11-27-12-19-18(16)7-8-20(25)21(19)26/h3-12H,13H2,1-2H3. The van der Waals surface area contributed by atoms with Crippen LogP contribution < -0.4 is 0 Å². The summed E-state index contributed by atoms with van der Waals surface area (Å²) in [6.45, 7) is 4.42. The van der Waals surface area contributed by atoms with Crippen LogP contribution >= 0.6 is 0 Å². The zero-order valence-electron chi connectivity index (χ0n) is 16.5. The fourth-order valence-corrected chi connectivity index (χ4v) is 3.86. The van der Waals surface area contributed by atoms with E-state index in [0.717, 1.165) is 45.3 Å². The van der Waals surface area contributed by atoms with Gasteiger partial charge in [0.2, 0.25) is 0 Å². The highest BCUT2D eigenvalue weighted by Crippen LogP contribution is 2.30. The van der Waals surface area contributed by atoms with E-state index in [1.165, 1.54) is 6.20 Å². The Balaban J connectivity index is 1.77. The molecule has 2 aromatic carbocycles. The van der Waals surface area contributed by atoms with Gasteiger partial charge in [-0.3, -0.25) is 4.98 Å². The molecule has 0 spiro atoms. The highest BCUT2D eigenvalue weighted by atomic mass is 19.2. The number of imidazole rings is 1. The predicted octanol–water partition coefficient (Wildman–Crippen LogP) is 5.59. The third kappa shape index (κ3) is 2.84. The van der Waals surface area contributed by atoms with Crippen LogP contribution in [0.5, 0.6) is 0 Å². The number of nitrogens with zero attached hydrogens (tertiary/aromatic N) is 4. The molecule has 148 valence electrons. The van der Waals surface area contributed by atoms with Crippen molar-refractivity contribution in [2.24, 2.45) is 0 Å². The van der Waals surface area contributed by atoms with E-state index in [-0.39, 0.29) is 5.39 Å². The van der Waals surface area contributed by atoms with Gasteiger partial charge < -0.3 is 4.57 Å². The van der Waals surface area contributed by atoms with Crippen LogP contribution in [-0.2, 0) is 6.54 Å². The van der Waals surface area contributed by atoms with Crippen LogP contribution in [0.15, 0.2) is 61.1 Å². The molecule has 3 aromatic heterocycles. The average Bonchev–Trinajstić information content (AvgIpc) is 3.11. The lowest BCUT2D eigenvalue weighted by molar-refractivity contribution is 0.516. The minimum atomic E-state index is -0.884. The van der Waals surface area contributed by atoms with Crippen LogP contribution in [0.1, 0.15) is 16.7 Å². The maximum Gasteiger partial charge on any atom is 0.168 e. The van der Waals surface area contributed by atoms with Gasteiger partial charge in [0.1, 0.15) is 11.3 Å². The number of benzene rings is 2. The molecular formula is C24H18F2N4. The van der Waals surface area contributed by atoms with Crippen molar-refractivity contribution >= 4 is 21.9 Å². The minimum Gasteiger partial charge on any atom is -0.304 e. The summed E-state index contributed by atoms with van der Waals surface area (Å²) >= 11 is 0. The summed E-state index contributed by atoms with van der Waals surface area (Å²) in [5.74, 6) is -0.984. The fraction of sp³-hybridized carbons (Fsp3) is 0.125. The van der Waals surface area contributed by atoms with Gasteiger partial charge in [0.25, 0.3) is 0 Å². The van der Waals surface area contributed by atoms with Gasteiger partial charge >= 0.3 is 0 Å². The van der Waals surface area contributed by atoms with Gasteiger partial charge in [0.05, 0.1) is 6.54 Å². The first-order chi connectivity index (χ1) is 14.5. The van der Waals surface area contributed by atoms with E-state index in [9.17, 15) is 8.78 Å². The Kier molecular flexibility index (Phi) is 4.28. The third-order valence-electron chi connectivity index (χ3n) is 5.46. The van der Waals surface area contributed by atoms with Crippen LogP contribution in [0.4, 0.5) is 8.78 Å². The van der Waals surface area contributed by atoms with Crippen molar-refractivity contribution in [3.63, 3.8) is 0 Å². The van der Waals surface area contributed by atoms with E-state index in [2.05, 4.69) is 9.97 Å². The van der Waals surface area contributed by atoms with Crippen molar-refractivity contribution in [1.82, 2.24) is 19.5 Å². The van der Waals surface area contributed by atoms with Gasteiger partial charge in [-0.25, -0.2) is 18.7 Å². The zero-order valence-corrected chi connectivity index (χ0v) is 16.5. The molecule has 0 saturated carbocycles. The fourth-order valence-electron chi connectivity index (χ4n) is 3.86. The summed E-state index contributed by atoms with van der Waals surface area (Å²) < 4.78 is 30.0. The van der Waals surface area contributed by atoms with E-state index >= 15 is 0 Å². The molecule has 0 unspecified atom stereocenters. The van der Waals surface area contributed by atoms with E-state index < -0.39 is 11.6 Å². The minimum absolute atomic E-state index is 0.165. The first-order valence-corrected chi connectivity index (χ1v) is 9.63. The molecular weight excluding hydrogens is 382 g/mol. The number of pyridine rings is 2. The molecule has 0 radical (unpaired) electrons. The summed E-state index contributed by atoms with van der Waals surface area (Å²) in [6, 6.07) is 12.7. The van der Waals surface area contributed by atoms with Gasteiger partial charge in [0.15, 0.2) is 17.3 Å². The zero-order chi connectivity index (χ0) is 20.8. The van der Waals surface area contributed by atoms with Crippen LogP contribution in [-0.4, -0.2) is 19.5 Å². The molecule has 6 heteroatoms. The van der Waals surface area contributed by atoms with Gasteiger partial charge in [-0.05, 0) is 48.1 Å². The Bertz CT molecular complexity index is 1420. The van der Waals surface area contributed by atoms with Crippen molar-refractivity contribution in [2.45, 2.75) is 20.4 Å². The maximum absolute atomic E-state index is 14.3. The van der Waals surface area contributed by atoms with Crippen LogP contribution in [0.2, 0.25) is 0 Å². The molecule has 0 amide bonds. The summed E-state index contributed by atoms with van der Waals surface area (Å²) in [4.78, 5) is 13.6. The second kappa shape index (κ2) is 6.99. The molecule has 0 fully saturated rings. The monoisotopic (exact) mass is 400 g/mol. The van der Waals surface area contributed by atoms with Crippen molar-refractivity contribution in [1.29, 1.82) is 0 Å². The van der Waals surface area contributed by atoms with Crippen molar-refractivity contribution < 1.29 is 8.78 Å². The normalized spacial score (nSPS) is 11.5. The summed E-state index contributed by atoms with van der Waals surface area (Å²) in [6.07, 6.45) is 4.80. The Hall–Kier alpha value is -3.67. The lowest BCUT2D eigenvalue weighted by Gasteiger charge is -2.12. The highest BCUT2D eigenvalue weighted by molar-refractivity contribution is 5.86. The second-order valence-electron chi connectivity index (χ2n) is 7.39. The van der Waals surface area contributed by atoms with Crippen molar-refractivity contribution in [2.75, 3.05) is 0 Å². The molecule has 0 aliphatic heterocycles. The van der Waals surface area contributed by atoms with E-state index in [4.69, 9.17) is 4.98 Å². The Morgan fingerprint density at radius 1 is 0.900 bits per heavy atom. The number of hydrogen-bond donors (Lipinski definition) is 0. The van der Waals surface area contributed by atoms with Gasteiger partial charge in [-0.15, -0.1) is 0 Å². The molecule has 4 nitrogen and oxygen atoms in total. The van der Waals surface area contributed by atoms with Gasteiger partial charge in [-0.1, -0.05) is 30.3 Å². The highest BCUT2D eigenvalue weighted by Gasteiger charge is 2.18. The lowest BCUT2D eigenvalue weighted by Crippen LogP contribution is -2.05. The van der Waals surface area contributed by atoms with E-state index in [0.29, 0.717) is 11.9 Å².